The molecule has 6 nitrogen and oxygen atoms in total. The standard InChI is InChI=1S/C27H23N3O3/c1-16-20-9-7-19(13-18(20)15-30(16)23-10-11-26(31)29-27(23)32)28-14-17-6-8-22-21-4-2-3-5-24(21)33-25(22)12-17/h2-9,12-13,23,28H,1,10-11,14-15H2,(H,29,31,32). The third-order valence-corrected chi connectivity index (χ3v) is 6.63. The van der Waals surface area contributed by atoms with Crippen LogP contribution in [0.1, 0.15) is 29.5 Å². The predicted octanol–water partition coefficient (Wildman–Crippen LogP) is 4.79. The van der Waals surface area contributed by atoms with Gasteiger partial charge in [-0.25, -0.2) is 0 Å². The molecule has 0 saturated carbocycles. The fraction of sp³-hybridized carbons (Fsp3) is 0.185. The van der Waals surface area contributed by atoms with E-state index in [0.29, 0.717) is 25.9 Å². The predicted molar refractivity (Wildman–Crippen MR) is 128 cm³/mol. The lowest BCUT2D eigenvalue weighted by Gasteiger charge is -2.31. The highest BCUT2D eigenvalue weighted by molar-refractivity contribution is 6.05. The van der Waals surface area contributed by atoms with Gasteiger partial charge in [0, 0.05) is 47.2 Å². The molecule has 2 amide bonds. The molecular formula is C27H23N3O3. The van der Waals surface area contributed by atoms with Gasteiger partial charge in [0.25, 0.3) is 0 Å². The van der Waals surface area contributed by atoms with E-state index in [1.807, 2.05) is 35.2 Å². The summed E-state index contributed by atoms with van der Waals surface area (Å²) in [5, 5.41) is 8.20. The minimum absolute atomic E-state index is 0.203. The molecule has 1 atom stereocenters. The Kier molecular flexibility index (Phi) is 4.47. The zero-order chi connectivity index (χ0) is 22.5. The SMILES string of the molecule is C=C1c2ccc(NCc3ccc4c(c3)oc3ccccc34)cc2CN1C1CCC(=O)NC1=O. The number of rotatable bonds is 4. The van der Waals surface area contributed by atoms with Gasteiger partial charge < -0.3 is 14.6 Å². The Balaban J connectivity index is 1.18. The van der Waals surface area contributed by atoms with E-state index in [0.717, 1.165) is 50.0 Å². The van der Waals surface area contributed by atoms with Crippen molar-refractivity contribution in [2.45, 2.75) is 32.0 Å². The molecule has 164 valence electrons. The van der Waals surface area contributed by atoms with Crippen molar-refractivity contribution in [2.75, 3.05) is 5.32 Å². The van der Waals surface area contributed by atoms with Crippen LogP contribution < -0.4 is 10.6 Å². The first kappa shape index (κ1) is 19.6. The van der Waals surface area contributed by atoms with Crippen molar-refractivity contribution < 1.29 is 14.0 Å². The van der Waals surface area contributed by atoms with Crippen LogP contribution in [-0.4, -0.2) is 22.8 Å². The molecule has 0 aliphatic carbocycles. The Hall–Kier alpha value is -4.06. The summed E-state index contributed by atoms with van der Waals surface area (Å²) < 4.78 is 6.01. The topological polar surface area (TPSA) is 74.6 Å². The molecule has 0 radical (unpaired) electrons. The first-order valence-electron chi connectivity index (χ1n) is 11.1. The molecular weight excluding hydrogens is 414 g/mol. The summed E-state index contributed by atoms with van der Waals surface area (Å²) in [5.74, 6) is -0.439. The number of hydrogen-bond acceptors (Lipinski definition) is 5. The summed E-state index contributed by atoms with van der Waals surface area (Å²) in [6.45, 7) is 5.49. The molecule has 2 aliphatic rings. The monoisotopic (exact) mass is 437 g/mol. The number of anilines is 1. The van der Waals surface area contributed by atoms with Crippen molar-refractivity contribution in [2.24, 2.45) is 0 Å². The van der Waals surface area contributed by atoms with Gasteiger partial charge in [-0.05, 0) is 41.8 Å². The Bertz CT molecular complexity index is 1450. The highest BCUT2D eigenvalue weighted by Crippen LogP contribution is 2.36. The number of hydrogen-bond donors (Lipinski definition) is 2. The van der Waals surface area contributed by atoms with Crippen LogP contribution in [0, 0.1) is 0 Å². The molecule has 2 N–H and O–H groups in total. The average Bonchev–Trinajstić information content (AvgIpc) is 3.34. The average molecular weight is 437 g/mol. The molecule has 33 heavy (non-hydrogen) atoms. The van der Waals surface area contributed by atoms with E-state index in [1.165, 1.54) is 0 Å². The Morgan fingerprint density at radius 3 is 2.76 bits per heavy atom. The van der Waals surface area contributed by atoms with E-state index < -0.39 is 0 Å². The second-order valence-electron chi connectivity index (χ2n) is 8.70. The maximum absolute atomic E-state index is 12.3. The molecule has 0 bridgehead atoms. The Morgan fingerprint density at radius 2 is 1.88 bits per heavy atom. The highest BCUT2D eigenvalue weighted by Gasteiger charge is 2.36. The lowest BCUT2D eigenvalue weighted by Crippen LogP contribution is -2.50. The molecule has 1 aromatic heterocycles. The summed E-state index contributed by atoms with van der Waals surface area (Å²) in [6.07, 6.45) is 0.881. The number of carbonyl (C=O) groups excluding carboxylic acids is 2. The van der Waals surface area contributed by atoms with Gasteiger partial charge in [0.1, 0.15) is 17.2 Å². The van der Waals surface area contributed by atoms with Gasteiger partial charge in [-0.3, -0.25) is 14.9 Å². The van der Waals surface area contributed by atoms with Gasteiger partial charge in [0.2, 0.25) is 11.8 Å². The lowest BCUT2D eigenvalue weighted by molar-refractivity contribution is -0.136. The largest absolute Gasteiger partial charge is 0.456 e. The quantitative estimate of drug-likeness (QED) is 0.449. The van der Waals surface area contributed by atoms with Crippen LogP contribution in [0.4, 0.5) is 5.69 Å². The van der Waals surface area contributed by atoms with E-state index in [4.69, 9.17) is 4.42 Å². The van der Waals surface area contributed by atoms with Gasteiger partial charge in [0.15, 0.2) is 0 Å². The molecule has 0 spiro atoms. The van der Waals surface area contributed by atoms with E-state index in [9.17, 15) is 9.59 Å². The molecule has 1 unspecified atom stereocenters. The van der Waals surface area contributed by atoms with Gasteiger partial charge in [-0.1, -0.05) is 43.0 Å². The minimum Gasteiger partial charge on any atom is -0.456 e. The number of carbonyl (C=O) groups is 2. The van der Waals surface area contributed by atoms with Gasteiger partial charge in [-0.15, -0.1) is 0 Å². The number of amides is 2. The molecule has 6 heteroatoms. The lowest BCUT2D eigenvalue weighted by atomic mass is 10.0. The van der Waals surface area contributed by atoms with Gasteiger partial charge >= 0.3 is 0 Å². The van der Waals surface area contributed by atoms with Crippen LogP contribution in [0.25, 0.3) is 27.6 Å². The number of benzene rings is 3. The number of nitrogens with one attached hydrogen (secondary N) is 2. The van der Waals surface area contributed by atoms with Crippen LogP contribution in [0.3, 0.4) is 0 Å². The number of nitrogens with zero attached hydrogens (tertiary/aromatic N) is 1. The zero-order valence-electron chi connectivity index (χ0n) is 18.1. The second-order valence-corrected chi connectivity index (χ2v) is 8.70. The first-order valence-corrected chi connectivity index (χ1v) is 11.1. The van der Waals surface area contributed by atoms with Crippen molar-refractivity contribution in [1.82, 2.24) is 10.2 Å². The molecule has 3 heterocycles. The van der Waals surface area contributed by atoms with Gasteiger partial charge in [0.05, 0.1) is 0 Å². The summed E-state index contributed by atoms with van der Waals surface area (Å²) in [6, 6.07) is 20.3. The third kappa shape index (κ3) is 3.35. The van der Waals surface area contributed by atoms with Crippen LogP contribution >= 0.6 is 0 Å². The first-order chi connectivity index (χ1) is 16.1. The summed E-state index contributed by atoms with van der Waals surface area (Å²) in [7, 11) is 0. The number of imide groups is 1. The Labute approximate surface area is 190 Å². The number of para-hydroxylation sites is 1. The molecule has 4 aromatic rings. The third-order valence-electron chi connectivity index (χ3n) is 6.63. The Morgan fingerprint density at radius 1 is 1.03 bits per heavy atom. The zero-order valence-corrected chi connectivity index (χ0v) is 18.1. The van der Waals surface area contributed by atoms with E-state index in [2.05, 4.69) is 47.5 Å². The normalized spacial score (nSPS) is 18.1. The van der Waals surface area contributed by atoms with E-state index in [1.54, 1.807) is 0 Å². The summed E-state index contributed by atoms with van der Waals surface area (Å²) >= 11 is 0. The number of furan rings is 1. The second kappa shape index (κ2) is 7.52. The highest BCUT2D eigenvalue weighted by atomic mass is 16.3. The van der Waals surface area contributed by atoms with Crippen molar-refractivity contribution >= 4 is 45.1 Å². The fourth-order valence-electron chi connectivity index (χ4n) is 4.91. The molecule has 1 fully saturated rings. The summed E-state index contributed by atoms with van der Waals surface area (Å²) in [4.78, 5) is 25.8. The number of fused-ring (bicyclic) bond motifs is 4. The maximum Gasteiger partial charge on any atom is 0.249 e. The number of piperidine rings is 1. The molecule has 2 aliphatic heterocycles. The fourth-order valence-corrected chi connectivity index (χ4v) is 4.91. The van der Waals surface area contributed by atoms with Crippen LogP contribution in [-0.2, 0) is 22.7 Å². The van der Waals surface area contributed by atoms with E-state index >= 15 is 0 Å². The van der Waals surface area contributed by atoms with Crippen LogP contribution in [0.15, 0.2) is 71.7 Å². The van der Waals surface area contributed by atoms with Crippen LogP contribution in [0.5, 0.6) is 0 Å². The van der Waals surface area contributed by atoms with Crippen molar-refractivity contribution in [1.29, 1.82) is 0 Å². The minimum atomic E-state index is -0.352. The summed E-state index contributed by atoms with van der Waals surface area (Å²) in [5.41, 5.74) is 6.95. The maximum atomic E-state index is 12.3. The van der Waals surface area contributed by atoms with E-state index in [-0.39, 0.29) is 17.9 Å². The molecule has 1 saturated heterocycles. The van der Waals surface area contributed by atoms with Crippen molar-refractivity contribution in [3.63, 3.8) is 0 Å². The smallest absolute Gasteiger partial charge is 0.249 e. The van der Waals surface area contributed by atoms with Crippen molar-refractivity contribution in [3.8, 4) is 0 Å². The van der Waals surface area contributed by atoms with Crippen LogP contribution in [0.2, 0.25) is 0 Å². The molecule has 6 rings (SSSR count). The molecule has 3 aromatic carbocycles. The van der Waals surface area contributed by atoms with Gasteiger partial charge in [-0.2, -0.15) is 0 Å². The van der Waals surface area contributed by atoms with Crippen molar-refractivity contribution in [3.05, 3.63) is 83.9 Å².